The predicted molar refractivity (Wildman–Crippen MR) is 124 cm³/mol. The lowest BCUT2D eigenvalue weighted by Gasteiger charge is -2.37. The number of fused-ring (bicyclic) bond motifs is 1. The Morgan fingerprint density at radius 3 is 2.45 bits per heavy atom. The lowest BCUT2D eigenvalue weighted by molar-refractivity contribution is -0.142. The number of aliphatic carboxylic acids is 1. The van der Waals surface area contributed by atoms with Crippen LogP contribution in [-0.2, 0) is 11.2 Å². The molecule has 5 rings (SSSR count). The van der Waals surface area contributed by atoms with Gasteiger partial charge < -0.3 is 14.9 Å². The highest BCUT2D eigenvalue weighted by molar-refractivity contribution is 5.70. The minimum Gasteiger partial charge on any atom is -0.481 e. The fourth-order valence-corrected chi connectivity index (χ4v) is 4.69. The molecule has 0 aromatic carbocycles. The zero-order valence-corrected chi connectivity index (χ0v) is 18.8. The summed E-state index contributed by atoms with van der Waals surface area (Å²) in [7, 11) is 0. The molecule has 1 atom stereocenters. The Labute approximate surface area is 192 Å². The van der Waals surface area contributed by atoms with Crippen molar-refractivity contribution in [2.24, 2.45) is 5.92 Å². The van der Waals surface area contributed by atoms with Gasteiger partial charge in [-0.05, 0) is 50.5 Å². The van der Waals surface area contributed by atoms with E-state index >= 15 is 0 Å². The quantitative estimate of drug-likeness (QED) is 0.648. The number of hydrogen-bond donors (Lipinski definition) is 1. The van der Waals surface area contributed by atoms with E-state index in [0.717, 1.165) is 41.4 Å². The lowest BCUT2D eigenvalue weighted by Crippen LogP contribution is -2.38. The van der Waals surface area contributed by atoms with Crippen molar-refractivity contribution in [3.8, 4) is 11.6 Å². The summed E-state index contributed by atoms with van der Waals surface area (Å²) in [5, 5.41) is 9.29. The average molecular weight is 446 g/mol. The van der Waals surface area contributed by atoms with Gasteiger partial charge in [0.2, 0.25) is 0 Å². The molecule has 170 valence electrons. The molecule has 1 unspecified atom stereocenters. The number of aryl methyl sites for hydroxylation is 1. The molecule has 5 heterocycles. The van der Waals surface area contributed by atoms with Gasteiger partial charge in [-0.1, -0.05) is 0 Å². The number of anilines is 2. The SMILES string of the molecule is Cc1cc(N2CCC(C(=O)O)CC2)nc(N2CCc3nc(-c4ncccn4)ncc3C2C)c1. The summed E-state index contributed by atoms with van der Waals surface area (Å²) in [5.41, 5.74) is 3.26. The van der Waals surface area contributed by atoms with Crippen molar-refractivity contribution in [1.82, 2.24) is 24.9 Å². The standard InChI is InChI=1S/C24H27N7O2/c1-15-12-20(30-9-4-17(5-10-30)24(32)33)29-21(13-15)31-11-6-19-18(16(31)2)14-27-23(28-19)22-25-7-3-8-26-22/h3,7-8,12-14,16-17H,4-6,9-11H2,1-2H3,(H,32,33). The number of carbonyl (C=O) groups is 1. The topological polar surface area (TPSA) is 108 Å². The Morgan fingerprint density at radius 1 is 1.00 bits per heavy atom. The number of nitrogens with zero attached hydrogens (tertiary/aromatic N) is 7. The van der Waals surface area contributed by atoms with Crippen LogP contribution in [0.25, 0.3) is 11.6 Å². The summed E-state index contributed by atoms with van der Waals surface area (Å²) in [5.74, 6) is 1.98. The van der Waals surface area contributed by atoms with Gasteiger partial charge in [0.15, 0.2) is 11.6 Å². The Kier molecular flexibility index (Phi) is 5.62. The molecule has 2 aliphatic heterocycles. The van der Waals surface area contributed by atoms with Crippen molar-refractivity contribution in [3.05, 3.63) is 53.6 Å². The van der Waals surface area contributed by atoms with Gasteiger partial charge in [0, 0.05) is 50.2 Å². The first-order valence-electron chi connectivity index (χ1n) is 11.4. The van der Waals surface area contributed by atoms with E-state index in [4.69, 9.17) is 9.97 Å². The number of carboxylic acids is 1. The number of piperidine rings is 1. The van der Waals surface area contributed by atoms with Crippen LogP contribution in [0, 0.1) is 12.8 Å². The summed E-state index contributed by atoms with van der Waals surface area (Å²) in [4.78, 5) is 38.6. The molecule has 1 N–H and O–H groups in total. The lowest BCUT2D eigenvalue weighted by atomic mass is 9.97. The molecular formula is C24H27N7O2. The van der Waals surface area contributed by atoms with Crippen LogP contribution in [-0.4, -0.2) is 55.6 Å². The molecule has 2 aliphatic rings. The number of aromatic nitrogens is 5. The number of rotatable bonds is 4. The minimum atomic E-state index is -0.697. The Balaban J connectivity index is 1.38. The van der Waals surface area contributed by atoms with Crippen LogP contribution in [0.3, 0.4) is 0 Å². The third kappa shape index (κ3) is 4.22. The highest BCUT2D eigenvalue weighted by Crippen LogP contribution is 2.34. The van der Waals surface area contributed by atoms with E-state index in [1.165, 1.54) is 0 Å². The Morgan fingerprint density at radius 2 is 1.73 bits per heavy atom. The van der Waals surface area contributed by atoms with Crippen LogP contribution in [0.2, 0.25) is 0 Å². The van der Waals surface area contributed by atoms with Gasteiger partial charge >= 0.3 is 5.97 Å². The van der Waals surface area contributed by atoms with Crippen molar-refractivity contribution in [2.75, 3.05) is 29.4 Å². The van der Waals surface area contributed by atoms with E-state index in [1.807, 2.05) is 6.20 Å². The van der Waals surface area contributed by atoms with Crippen molar-refractivity contribution < 1.29 is 9.90 Å². The van der Waals surface area contributed by atoms with E-state index in [0.29, 0.717) is 37.6 Å². The van der Waals surface area contributed by atoms with E-state index in [1.54, 1.807) is 18.5 Å². The van der Waals surface area contributed by atoms with Crippen molar-refractivity contribution in [1.29, 1.82) is 0 Å². The second-order valence-corrected chi connectivity index (χ2v) is 8.75. The van der Waals surface area contributed by atoms with E-state index in [9.17, 15) is 9.90 Å². The van der Waals surface area contributed by atoms with Gasteiger partial charge in [0.1, 0.15) is 11.6 Å². The van der Waals surface area contributed by atoms with Crippen molar-refractivity contribution in [3.63, 3.8) is 0 Å². The van der Waals surface area contributed by atoms with E-state index in [2.05, 4.69) is 50.7 Å². The summed E-state index contributed by atoms with van der Waals surface area (Å²) in [6.45, 7) is 6.46. The number of pyridine rings is 1. The molecule has 33 heavy (non-hydrogen) atoms. The van der Waals surface area contributed by atoms with Crippen LogP contribution in [0.15, 0.2) is 36.8 Å². The summed E-state index contributed by atoms with van der Waals surface area (Å²) >= 11 is 0. The molecule has 3 aromatic rings. The first-order chi connectivity index (χ1) is 16.0. The molecule has 1 fully saturated rings. The van der Waals surface area contributed by atoms with E-state index in [-0.39, 0.29) is 12.0 Å². The Hall–Kier alpha value is -3.62. The first kappa shape index (κ1) is 21.2. The van der Waals surface area contributed by atoms with Gasteiger partial charge in [-0.2, -0.15) is 0 Å². The van der Waals surface area contributed by atoms with Gasteiger partial charge in [-0.3, -0.25) is 4.79 Å². The smallest absolute Gasteiger partial charge is 0.306 e. The van der Waals surface area contributed by atoms with Gasteiger partial charge in [-0.15, -0.1) is 0 Å². The summed E-state index contributed by atoms with van der Waals surface area (Å²) in [6, 6.07) is 6.06. The second kappa shape index (κ2) is 8.73. The van der Waals surface area contributed by atoms with Gasteiger partial charge in [0.05, 0.1) is 17.7 Å². The average Bonchev–Trinajstić information content (AvgIpc) is 2.84. The fraction of sp³-hybridized carbons (Fsp3) is 0.417. The molecule has 0 bridgehead atoms. The van der Waals surface area contributed by atoms with Crippen LogP contribution < -0.4 is 9.80 Å². The molecule has 0 amide bonds. The number of hydrogen-bond acceptors (Lipinski definition) is 8. The van der Waals surface area contributed by atoms with E-state index < -0.39 is 5.97 Å². The van der Waals surface area contributed by atoms with Gasteiger partial charge in [0.25, 0.3) is 0 Å². The maximum Gasteiger partial charge on any atom is 0.306 e. The first-order valence-corrected chi connectivity index (χ1v) is 11.4. The molecule has 1 saturated heterocycles. The van der Waals surface area contributed by atoms with Crippen LogP contribution in [0.5, 0.6) is 0 Å². The summed E-state index contributed by atoms with van der Waals surface area (Å²) < 4.78 is 0. The monoisotopic (exact) mass is 445 g/mol. The normalized spacial score (nSPS) is 18.8. The van der Waals surface area contributed by atoms with Crippen molar-refractivity contribution in [2.45, 2.75) is 39.2 Å². The third-order valence-corrected chi connectivity index (χ3v) is 6.58. The predicted octanol–water partition coefficient (Wildman–Crippen LogP) is 3.06. The summed E-state index contributed by atoms with van der Waals surface area (Å²) in [6.07, 6.45) is 7.37. The highest BCUT2D eigenvalue weighted by Gasteiger charge is 2.29. The van der Waals surface area contributed by atoms with Crippen molar-refractivity contribution >= 4 is 17.6 Å². The molecular weight excluding hydrogens is 418 g/mol. The number of carboxylic acid groups (broad SMARTS) is 1. The minimum absolute atomic E-state index is 0.0828. The zero-order chi connectivity index (χ0) is 22.9. The maximum absolute atomic E-state index is 11.3. The molecule has 0 spiro atoms. The van der Waals surface area contributed by atoms with Crippen LogP contribution in [0.4, 0.5) is 11.6 Å². The second-order valence-electron chi connectivity index (χ2n) is 8.75. The molecule has 0 aliphatic carbocycles. The third-order valence-electron chi connectivity index (χ3n) is 6.58. The zero-order valence-electron chi connectivity index (χ0n) is 18.8. The largest absolute Gasteiger partial charge is 0.481 e. The van der Waals surface area contributed by atoms with Gasteiger partial charge in [-0.25, -0.2) is 24.9 Å². The molecule has 9 nitrogen and oxygen atoms in total. The fourth-order valence-electron chi connectivity index (χ4n) is 4.69. The highest BCUT2D eigenvalue weighted by atomic mass is 16.4. The molecule has 0 saturated carbocycles. The van der Waals surface area contributed by atoms with Crippen LogP contribution in [0.1, 0.15) is 42.6 Å². The maximum atomic E-state index is 11.3. The Bertz CT molecular complexity index is 1160. The molecule has 3 aromatic heterocycles. The molecule has 9 heteroatoms. The molecule has 0 radical (unpaired) electrons. The van der Waals surface area contributed by atoms with Crippen LogP contribution >= 0.6 is 0 Å².